The Bertz CT molecular complexity index is 476. The highest BCUT2D eigenvalue weighted by atomic mass is 19.1. The molecule has 0 saturated heterocycles. The van der Waals surface area contributed by atoms with E-state index >= 15 is 0 Å². The summed E-state index contributed by atoms with van der Waals surface area (Å²) in [5.41, 5.74) is 10.2. The van der Waals surface area contributed by atoms with Crippen molar-refractivity contribution in [3.05, 3.63) is 23.5 Å². The van der Waals surface area contributed by atoms with E-state index in [1.54, 1.807) is 0 Å². The number of halogens is 1. The van der Waals surface area contributed by atoms with Crippen LogP contribution in [0.25, 0.3) is 0 Å². The zero-order valence-electron chi connectivity index (χ0n) is 9.03. The molecule has 0 radical (unpaired) electrons. The van der Waals surface area contributed by atoms with E-state index in [0.717, 1.165) is 12.1 Å². The number of aromatic carboxylic acids is 1. The minimum atomic E-state index is -1.41. The zero-order chi connectivity index (χ0) is 13.2. The molecule has 92 valence electrons. The van der Waals surface area contributed by atoms with Crippen LogP contribution >= 0.6 is 0 Å². The minimum Gasteiger partial charge on any atom is -0.478 e. The summed E-state index contributed by atoms with van der Waals surface area (Å²) in [5.74, 6) is -2.98. The van der Waals surface area contributed by atoms with Crippen molar-refractivity contribution in [3.8, 4) is 0 Å². The maximum atomic E-state index is 13.3. The number of rotatable bonds is 4. The van der Waals surface area contributed by atoms with E-state index in [9.17, 15) is 14.0 Å². The van der Waals surface area contributed by atoms with E-state index in [1.807, 2.05) is 0 Å². The van der Waals surface area contributed by atoms with Crippen LogP contribution in [0.15, 0.2) is 12.1 Å². The quantitative estimate of drug-likeness (QED) is 0.569. The summed E-state index contributed by atoms with van der Waals surface area (Å²) < 4.78 is 13.3. The molecule has 0 aliphatic heterocycles. The molecule has 6 nitrogen and oxygen atoms in total. The summed E-state index contributed by atoms with van der Waals surface area (Å²) in [6, 6.07) is 1.15. The van der Waals surface area contributed by atoms with Gasteiger partial charge in [0.25, 0.3) is 0 Å². The fourth-order valence-corrected chi connectivity index (χ4v) is 1.18. The predicted molar refractivity (Wildman–Crippen MR) is 60.1 cm³/mol. The summed E-state index contributed by atoms with van der Waals surface area (Å²) in [6.45, 7) is 1.48. The van der Waals surface area contributed by atoms with E-state index in [0.29, 0.717) is 0 Å². The van der Waals surface area contributed by atoms with Crippen LogP contribution in [0, 0.1) is 5.82 Å². The van der Waals surface area contributed by atoms with Crippen molar-refractivity contribution in [1.29, 1.82) is 0 Å². The molecule has 6 N–H and O–H groups in total. The van der Waals surface area contributed by atoms with Gasteiger partial charge in [-0.2, -0.15) is 0 Å². The van der Waals surface area contributed by atoms with Crippen LogP contribution in [-0.2, 0) is 4.79 Å². The van der Waals surface area contributed by atoms with Gasteiger partial charge in [0.2, 0.25) is 5.91 Å². The smallest absolute Gasteiger partial charge is 0.338 e. The number of anilines is 2. The molecule has 1 aromatic rings. The molecule has 7 heteroatoms. The van der Waals surface area contributed by atoms with Gasteiger partial charge in [-0.3, -0.25) is 4.79 Å². The molecule has 0 fully saturated rings. The van der Waals surface area contributed by atoms with Gasteiger partial charge in [0.1, 0.15) is 11.9 Å². The van der Waals surface area contributed by atoms with Crippen LogP contribution in [0.5, 0.6) is 0 Å². The predicted octanol–water partition coefficient (Wildman–Crippen LogP) is 0.392. The largest absolute Gasteiger partial charge is 0.478 e. The first-order valence-electron chi connectivity index (χ1n) is 4.71. The first-order valence-corrected chi connectivity index (χ1v) is 4.71. The van der Waals surface area contributed by atoms with E-state index in [-0.39, 0.29) is 11.4 Å². The first kappa shape index (κ1) is 12.8. The van der Waals surface area contributed by atoms with Crippen LogP contribution in [0.2, 0.25) is 0 Å². The number of nitrogen functional groups attached to an aromatic ring is 1. The van der Waals surface area contributed by atoms with Crippen molar-refractivity contribution in [3.63, 3.8) is 0 Å². The Morgan fingerprint density at radius 3 is 2.53 bits per heavy atom. The van der Waals surface area contributed by atoms with Gasteiger partial charge in [-0.05, 0) is 19.1 Å². The average molecular weight is 241 g/mol. The third-order valence-corrected chi connectivity index (χ3v) is 2.17. The Hall–Kier alpha value is -2.31. The van der Waals surface area contributed by atoms with Gasteiger partial charge < -0.3 is 21.9 Å². The highest BCUT2D eigenvalue weighted by Gasteiger charge is 2.16. The highest BCUT2D eigenvalue weighted by Crippen LogP contribution is 2.23. The summed E-state index contributed by atoms with van der Waals surface area (Å²) >= 11 is 0. The van der Waals surface area contributed by atoms with Gasteiger partial charge in [-0.25, -0.2) is 9.18 Å². The number of hydrogen-bond donors (Lipinski definition) is 4. The Morgan fingerprint density at radius 1 is 1.47 bits per heavy atom. The number of amides is 1. The summed E-state index contributed by atoms with van der Waals surface area (Å²) in [7, 11) is 0. The van der Waals surface area contributed by atoms with E-state index in [2.05, 4.69) is 5.32 Å². The fraction of sp³-hybridized carbons (Fsp3) is 0.200. The lowest BCUT2D eigenvalue weighted by atomic mass is 10.1. The Balaban J connectivity index is 3.08. The summed E-state index contributed by atoms with van der Waals surface area (Å²) in [5, 5.41) is 11.2. The first-order chi connectivity index (χ1) is 7.82. The number of carboxylic acid groups (broad SMARTS) is 1. The molecule has 1 rings (SSSR count). The molecule has 0 aromatic heterocycles. The normalized spacial score (nSPS) is 11.9. The molecule has 1 amide bonds. The van der Waals surface area contributed by atoms with Crippen molar-refractivity contribution >= 4 is 23.3 Å². The van der Waals surface area contributed by atoms with Gasteiger partial charge in [-0.15, -0.1) is 0 Å². The second-order valence-electron chi connectivity index (χ2n) is 3.49. The van der Waals surface area contributed by atoms with E-state index in [4.69, 9.17) is 16.6 Å². The van der Waals surface area contributed by atoms with Gasteiger partial charge in [0.15, 0.2) is 0 Å². The molecule has 0 aliphatic rings. The standard InChI is InChI=1S/C10H12FN3O3/c1-4(9(13)15)14-8-3-6(11)5(10(16)17)2-7(8)12/h2-4,14H,12H2,1H3,(H2,13,15)(H,16,17). The average Bonchev–Trinajstić information content (AvgIpc) is 2.22. The van der Waals surface area contributed by atoms with E-state index in [1.165, 1.54) is 6.92 Å². The molecular formula is C10H12FN3O3. The minimum absolute atomic E-state index is 0.0249. The van der Waals surface area contributed by atoms with Crippen LogP contribution in [0.3, 0.4) is 0 Å². The lowest BCUT2D eigenvalue weighted by Crippen LogP contribution is -2.32. The van der Waals surface area contributed by atoms with Crippen molar-refractivity contribution in [1.82, 2.24) is 0 Å². The van der Waals surface area contributed by atoms with Crippen molar-refractivity contribution in [2.45, 2.75) is 13.0 Å². The number of carboxylic acids is 1. The lowest BCUT2D eigenvalue weighted by molar-refractivity contribution is -0.118. The molecule has 1 atom stereocenters. The number of hydrogen-bond acceptors (Lipinski definition) is 4. The zero-order valence-corrected chi connectivity index (χ0v) is 9.03. The number of primary amides is 1. The molecule has 0 aliphatic carbocycles. The number of carbonyl (C=O) groups is 2. The second-order valence-corrected chi connectivity index (χ2v) is 3.49. The third kappa shape index (κ3) is 2.83. The second kappa shape index (κ2) is 4.69. The SMILES string of the molecule is CC(Nc1cc(F)c(C(=O)O)cc1N)C(N)=O. The van der Waals surface area contributed by atoms with E-state index < -0.39 is 29.3 Å². The van der Waals surface area contributed by atoms with Crippen molar-refractivity contribution in [2.24, 2.45) is 5.73 Å². The Morgan fingerprint density at radius 2 is 2.06 bits per heavy atom. The van der Waals surface area contributed by atoms with Gasteiger partial charge >= 0.3 is 5.97 Å². The topological polar surface area (TPSA) is 118 Å². The Kier molecular flexibility index (Phi) is 3.52. The number of nitrogens with one attached hydrogen (secondary N) is 1. The molecule has 0 spiro atoms. The van der Waals surface area contributed by atoms with Crippen molar-refractivity contribution < 1.29 is 19.1 Å². The Labute approximate surface area is 96.4 Å². The molecule has 1 unspecified atom stereocenters. The van der Waals surface area contributed by atoms with Crippen LogP contribution < -0.4 is 16.8 Å². The van der Waals surface area contributed by atoms with Gasteiger partial charge in [-0.1, -0.05) is 0 Å². The van der Waals surface area contributed by atoms with Crippen LogP contribution in [-0.4, -0.2) is 23.0 Å². The lowest BCUT2D eigenvalue weighted by Gasteiger charge is -2.14. The number of nitrogens with two attached hydrogens (primary N) is 2. The molecule has 17 heavy (non-hydrogen) atoms. The number of carbonyl (C=O) groups excluding carboxylic acids is 1. The van der Waals surface area contributed by atoms with Crippen molar-refractivity contribution in [2.75, 3.05) is 11.1 Å². The molecule has 0 saturated carbocycles. The van der Waals surface area contributed by atoms with Gasteiger partial charge in [0, 0.05) is 0 Å². The van der Waals surface area contributed by atoms with Crippen LogP contribution in [0.4, 0.5) is 15.8 Å². The van der Waals surface area contributed by atoms with Crippen LogP contribution in [0.1, 0.15) is 17.3 Å². The molecular weight excluding hydrogens is 229 g/mol. The third-order valence-electron chi connectivity index (χ3n) is 2.17. The number of benzene rings is 1. The molecule has 0 heterocycles. The summed E-state index contributed by atoms with van der Waals surface area (Å²) in [6.07, 6.45) is 0. The van der Waals surface area contributed by atoms with Gasteiger partial charge in [0.05, 0.1) is 16.9 Å². The fourth-order valence-electron chi connectivity index (χ4n) is 1.18. The highest BCUT2D eigenvalue weighted by molar-refractivity contribution is 5.91. The maximum absolute atomic E-state index is 13.3. The maximum Gasteiger partial charge on any atom is 0.338 e. The molecule has 1 aromatic carbocycles. The summed E-state index contributed by atoms with van der Waals surface area (Å²) in [4.78, 5) is 21.4. The molecule has 0 bridgehead atoms. The monoisotopic (exact) mass is 241 g/mol.